The first-order chi connectivity index (χ1) is 9.60. The molecule has 0 saturated carbocycles. The van der Waals surface area contributed by atoms with Crippen molar-refractivity contribution in [2.24, 2.45) is 0 Å². The van der Waals surface area contributed by atoms with E-state index in [4.69, 9.17) is 10.5 Å². The predicted molar refractivity (Wildman–Crippen MR) is 85.9 cm³/mol. The maximum absolute atomic E-state index is 12.1. The molecule has 0 fully saturated rings. The zero-order chi connectivity index (χ0) is 16.3. The van der Waals surface area contributed by atoms with Crippen molar-refractivity contribution in [3.8, 4) is 0 Å². The van der Waals surface area contributed by atoms with Gasteiger partial charge in [0.15, 0.2) is 0 Å². The van der Waals surface area contributed by atoms with Crippen LogP contribution in [-0.2, 0) is 14.8 Å². The average molecular weight is 315 g/mol. The van der Waals surface area contributed by atoms with Gasteiger partial charge in [-0.3, -0.25) is 0 Å². The molecule has 3 N–H and O–H groups in total. The first-order valence-corrected chi connectivity index (χ1v) is 8.24. The first kappa shape index (κ1) is 17.7. The number of rotatable bonds is 7. The van der Waals surface area contributed by atoms with Crippen molar-refractivity contribution >= 4 is 21.4 Å². The Morgan fingerprint density at radius 2 is 1.95 bits per heavy atom. The molecule has 1 aromatic carbocycles. The van der Waals surface area contributed by atoms with Gasteiger partial charge in [0.2, 0.25) is 10.0 Å². The second-order valence-electron chi connectivity index (χ2n) is 5.58. The van der Waals surface area contributed by atoms with Gasteiger partial charge in [-0.2, -0.15) is 0 Å². The topological polar surface area (TPSA) is 84.7 Å². The van der Waals surface area contributed by atoms with Gasteiger partial charge in [-0.1, -0.05) is 0 Å². The number of nitrogens with one attached hydrogen (secondary N) is 1. The van der Waals surface area contributed by atoms with Crippen LogP contribution in [0.2, 0.25) is 0 Å². The van der Waals surface area contributed by atoms with Gasteiger partial charge in [0.05, 0.1) is 21.9 Å². The summed E-state index contributed by atoms with van der Waals surface area (Å²) in [4.78, 5) is 0.207. The Morgan fingerprint density at radius 1 is 1.33 bits per heavy atom. The molecule has 6 nitrogen and oxygen atoms in total. The summed E-state index contributed by atoms with van der Waals surface area (Å²) in [5, 5.41) is 3.16. The Bertz CT molecular complexity index is 583. The van der Waals surface area contributed by atoms with Crippen molar-refractivity contribution in [1.29, 1.82) is 0 Å². The summed E-state index contributed by atoms with van der Waals surface area (Å²) in [6.45, 7) is 6.98. The van der Waals surface area contributed by atoms with Crippen molar-refractivity contribution in [3.63, 3.8) is 0 Å². The molecule has 0 amide bonds. The molecule has 0 atom stereocenters. The van der Waals surface area contributed by atoms with Crippen molar-refractivity contribution in [1.82, 2.24) is 4.31 Å². The van der Waals surface area contributed by atoms with Gasteiger partial charge in [-0.25, -0.2) is 12.7 Å². The molecule has 1 rings (SSSR count). The van der Waals surface area contributed by atoms with Crippen LogP contribution >= 0.6 is 0 Å². The van der Waals surface area contributed by atoms with E-state index in [1.807, 2.05) is 20.8 Å². The molecule has 1 aromatic rings. The average Bonchev–Trinajstić information content (AvgIpc) is 2.37. The Balaban J connectivity index is 2.99. The van der Waals surface area contributed by atoms with Crippen LogP contribution in [0.5, 0.6) is 0 Å². The Labute approximate surface area is 127 Å². The lowest BCUT2D eigenvalue weighted by Gasteiger charge is -2.26. The molecule has 0 bridgehead atoms. The fourth-order valence-corrected chi connectivity index (χ4v) is 2.74. The van der Waals surface area contributed by atoms with E-state index in [-0.39, 0.29) is 10.5 Å². The Kier molecular flexibility index (Phi) is 5.61. The van der Waals surface area contributed by atoms with Crippen LogP contribution < -0.4 is 11.1 Å². The molecule has 0 heterocycles. The minimum Gasteiger partial charge on any atom is -0.397 e. The molecule has 7 heteroatoms. The number of ether oxygens (including phenoxy) is 1. The highest BCUT2D eigenvalue weighted by atomic mass is 32.2. The normalized spacial score (nSPS) is 12.7. The van der Waals surface area contributed by atoms with E-state index in [0.717, 1.165) is 0 Å². The summed E-state index contributed by atoms with van der Waals surface area (Å²) in [6, 6.07) is 4.64. The predicted octanol–water partition coefficient (Wildman–Crippen LogP) is 1.75. The molecule has 0 aliphatic heterocycles. The van der Waals surface area contributed by atoms with Crippen molar-refractivity contribution in [2.45, 2.75) is 31.3 Å². The molecule has 0 spiro atoms. The van der Waals surface area contributed by atoms with E-state index in [0.29, 0.717) is 24.5 Å². The van der Waals surface area contributed by atoms with Gasteiger partial charge in [-0.05, 0) is 39.0 Å². The van der Waals surface area contributed by atoms with Crippen LogP contribution in [0, 0.1) is 0 Å². The van der Waals surface area contributed by atoms with Crippen LogP contribution in [0.1, 0.15) is 20.8 Å². The monoisotopic (exact) mass is 315 g/mol. The molecule has 0 aromatic heterocycles. The van der Waals surface area contributed by atoms with Gasteiger partial charge in [0.25, 0.3) is 0 Å². The molecule has 0 unspecified atom stereocenters. The van der Waals surface area contributed by atoms with Gasteiger partial charge in [0.1, 0.15) is 0 Å². The van der Waals surface area contributed by atoms with E-state index in [1.165, 1.54) is 24.5 Å². The lowest BCUT2D eigenvalue weighted by atomic mass is 10.1. The molecule has 0 radical (unpaired) electrons. The van der Waals surface area contributed by atoms with Crippen LogP contribution in [-0.4, -0.2) is 45.6 Å². The second-order valence-corrected chi connectivity index (χ2v) is 7.73. The first-order valence-electron chi connectivity index (χ1n) is 6.80. The molecular formula is C14H25N3O3S. The molecule has 120 valence electrons. The van der Waals surface area contributed by atoms with E-state index < -0.39 is 10.0 Å². The van der Waals surface area contributed by atoms with Crippen molar-refractivity contribution < 1.29 is 13.2 Å². The number of hydrogen-bond donors (Lipinski definition) is 2. The van der Waals surface area contributed by atoms with E-state index in [9.17, 15) is 8.42 Å². The highest BCUT2D eigenvalue weighted by molar-refractivity contribution is 7.89. The standard InChI is InChI=1S/C14H25N3O3S/c1-6-20-14(2,3)10-16-13-9-11(7-8-12(13)15)21(18,19)17(4)5/h7-9,16H,6,10,15H2,1-5H3. The third-order valence-corrected chi connectivity index (χ3v) is 4.85. The van der Waals surface area contributed by atoms with Crippen molar-refractivity contribution in [3.05, 3.63) is 18.2 Å². The summed E-state index contributed by atoms with van der Waals surface area (Å²) in [5.74, 6) is 0. The highest BCUT2D eigenvalue weighted by Crippen LogP contribution is 2.25. The quantitative estimate of drug-likeness (QED) is 0.749. The van der Waals surface area contributed by atoms with E-state index >= 15 is 0 Å². The molecule has 0 saturated heterocycles. The third kappa shape index (κ3) is 4.59. The fourth-order valence-electron chi connectivity index (χ4n) is 1.81. The van der Waals surface area contributed by atoms with Gasteiger partial charge < -0.3 is 15.8 Å². The fraction of sp³-hybridized carbons (Fsp3) is 0.571. The SMILES string of the molecule is CCOC(C)(C)CNc1cc(S(=O)(=O)N(C)C)ccc1N. The molecular weight excluding hydrogens is 290 g/mol. The highest BCUT2D eigenvalue weighted by Gasteiger charge is 2.20. The number of nitrogens with zero attached hydrogens (tertiary/aromatic N) is 1. The zero-order valence-electron chi connectivity index (χ0n) is 13.3. The number of anilines is 2. The van der Waals surface area contributed by atoms with E-state index in [2.05, 4.69) is 5.32 Å². The Hall–Kier alpha value is -1.31. The number of nitrogens with two attached hydrogens (primary N) is 1. The number of benzene rings is 1. The summed E-state index contributed by atoms with van der Waals surface area (Å²) in [5.41, 5.74) is 6.63. The minimum absolute atomic E-state index is 0.207. The number of nitrogen functional groups attached to an aromatic ring is 1. The molecule has 21 heavy (non-hydrogen) atoms. The summed E-state index contributed by atoms with van der Waals surface area (Å²) >= 11 is 0. The zero-order valence-corrected chi connectivity index (χ0v) is 14.1. The lowest BCUT2D eigenvalue weighted by molar-refractivity contribution is 0.000707. The van der Waals surface area contributed by atoms with Crippen LogP contribution in [0.15, 0.2) is 23.1 Å². The van der Waals surface area contributed by atoms with Crippen LogP contribution in [0.3, 0.4) is 0 Å². The maximum Gasteiger partial charge on any atom is 0.242 e. The summed E-state index contributed by atoms with van der Waals surface area (Å²) in [6.07, 6.45) is 0. The number of sulfonamides is 1. The van der Waals surface area contributed by atoms with Crippen LogP contribution in [0.4, 0.5) is 11.4 Å². The Morgan fingerprint density at radius 3 is 2.48 bits per heavy atom. The molecule has 0 aliphatic carbocycles. The molecule has 0 aliphatic rings. The van der Waals surface area contributed by atoms with Gasteiger partial charge >= 0.3 is 0 Å². The van der Waals surface area contributed by atoms with Gasteiger partial charge in [0, 0.05) is 27.2 Å². The summed E-state index contributed by atoms with van der Waals surface area (Å²) < 4.78 is 31.0. The third-order valence-electron chi connectivity index (χ3n) is 3.04. The van der Waals surface area contributed by atoms with Crippen LogP contribution in [0.25, 0.3) is 0 Å². The van der Waals surface area contributed by atoms with Gasteiger partial charge in [-0.15, -0.1) is 0 Å². The maximum atomic E-state index is 12.1. The van der Waals surface area contributed by atoms with Crippen molar-refractivity contribution in [2.75, 3.05) is 38.3 Å². The minimum atomic E-state index is -3.47. The number of hydrogen-bond acceptors (Lipinski definition) is 5. The van der Waals surface area contributed by atoms with E-state index in [1.54, 1.807) is 12.1 Å². The largest absolute Gasteiger partial charge is 0.397 e. The lowest BCUT2D eigenvalue weighted by Crippen LogP contribution is -2.33. The smallest absolute Gasteiger partial charge is 0.242 e. The second kappa shape index (κ2) is 6.64. The summed E-state index contributed by atoms with van der Waals surface area (Å²) in [7, 11) is -0.480.